The van der Waals surface area contributed by atoms with E-state index >= 15 is 0 Å². The van der Waals surface area contributed by atoms with E-state index in [9.17, 15) is 15.0 Å². The van der Waals surface area contributed by atoms with E-state index in [1.54, 1.807) is 0 Å². The van der Waals surface area contributed by atoms with Gasteiger partial charge in [0.15, 0.2) is 0 Å². The van der Waals surface area contributed by atoms with Crippen LogP contribution in [0.5, 0.6) is 0 Å². The maximum atomic E-state index is 12.2. The summed E-state index contributed by atoms with van der Waals surface area (Å²) in [6, 6.07) is 0. The second kappa shape index (κ2) is 7.05. The number of carbonyl (C=O) groups is 1. The number of hydrogen-bond acceptors (Lipinski definition) is 5. The largest absolute Gasteiger partial charge is 0.463 e. The molecule has 0 bridgehead atoms. The summed E-state index contributed by atoms with van der Waals surface area (Å²) >= 11 is 0. The summed E-state index contributed by atoms with van der Waals surface area (Å²) < 4.78 is 12.2. The first kappa shape index (κ1) is 24.7. The van der Waals surface area contributed by atoms with Crippen molar-refractivity contribution in [2.75, 3.05) is 6.61 Å². The number of fused-ring (bicyclic) bond motifs is 4. The van der Waals surface area contributed by atoms with E-state index in [-0.39, 0.29) is 41.0 Å². The van der Waals surface area contributed by atoms with E-state index < -0.39 is 11.7 Å². The van der Waals surface area contributed by atoms with Crippen LogP contribution in [0.2, 0.25) is 0 Å². The Bertz CT molecular complexity index is 932. The molecule has 1 aliphatic heterocycles. The lowest BCUT2D eigenvalue weighted by Crippen LogP contribution is -2.59. The third-order valence-electron chi connectivity index (χ3n) is 13.6. The smallest absolute Gasteiger partial charge is 0.302 e. The molecule has 5 nitrogen and oxygen atoms in total. The molecule has 1 saturated heterocycles. The van der Waals surface area contributed by atoms with Crippen molar-refractivity contribution < 1.29 is 24.5 Å². The highest BCUT2D eigenvalue weighted by Gasteiger charge is 2.84. The molecule has 198 valence electrons. The van der Waals surface area contributed by atoms with E-state index in [0.29, 0.717) is 34.5 Å². The standard InChI is InChI=1S/C30H48O5/c1-17-14-26(5,16-34-18(2)31)35-23-22(17)27(6)12-13-30-15-29(30)11-10-21(32)25(3,4)19(29)8-9-20(30)28(27,7)24(23)33/h17,19-24,32-33H,8-16H2,1-7H3/t17-,19+,20+,21+,22?,23+,24+,26-,27-,28-,29-,30+/m1/s1. The third-order valence-corrected chi connectivity index (χ3v) is 13.6. The second-order valence-electron chi connectivity index (χ2n) is 15.2. The van der Waals surface area contributed by atoms with Crippen molar-refractivity contribution in [3.63, 3.8) is 0 Å². The van der Waals surface area contributed by atoms with Gasteiger partial charge < -0.3 is 19.7 Å². The summed E-state index contributed by atoms with van der Waals surface area (Å²) in [6.45, 7) is 15.6. The van der Waals surface area contributed by atoms with E-state index in [2.05, 4.69) is 41.5 Å². The number of carbonyl (C=O) groups excluding carboxylic acids is 1. The molecule has 35 heavy (non-hydrogen) atoms. The van der Waals surface area contributed by atoms with E-state index in [0.717, 1.165) is 32.1 Å². The molecule has 6 rings (SSSR count). The SMILES string of the molecule is CC(=O)OC[C@@]1(C)C[C@@H](C)C2[C@H](O1)[C@H](O)[C@@]1(C)[C@@H]3CC[C@H]4C(C)(C)[C@@H](O)CC[C@@]45C[C@@]35CC[C@]21C. The molecule has 1 unspecified atom stereocenters. The maximum Gasteiger partial charge on any atom is 0.302 e. The molecule has 5 saturated carbocycles. The van der Waals surface area contributed by atoms with Gasteiger partial charge in [0.05, 0.1) is 18.3 Å². The Morgan fingerprint density at radius 1 is 0.971 bits per heavy atom. The average molecular weight is 489 g/mol. The molecule has 0 aromatic rings. The van der Waals surface area contributed by atoms with Crippen LogP contribution >= 0.6 is 0 Å². The summed E-state index contributed by atoms with van der Waals surface area (Å²) in [5, 5.41) is 23.1. The van der Waals surface area contributed by atoms with Crippen molar-refractivity contribution in [1.82, 2.24) is 0 Å². The fourth-order valence-electron chi connectivity index (χ4n) is 12.1. The minimum Gasteiger partial charge on any atom is -0.463 e. The predicted molar refractivity (Wildman–Crippen MR) is 133 cm³/mol. The Labute approximate surface area is 211 Å². The molecular formula is C30H48O5. The molecule has 1 heterocycles. The van der Waals surface area contributed by atoms with Crippen molar-refractivity contribution in [2.24, 2.45) is 50.7 Å². The highest BCUT2D eigenvalue weighted by molar-refractivity contribution is 5.65. The fourth-order valence-corrected chi connectivity index (χ4v) is 12.1. The zero-order valence-corrected chi connectivity index (χ0v) is 23.0. The molecular weight excluding hydrogens is 440 g/mol. The zero-order valence-electron chi connectivity index (χ0n) is 23.0. The Morgan fingerprint density at radius 3 is 2.31 bits per heavy atom. The number of aliphatic hydroxyl groups is 2. The highest BCUT2D eigenvalue weighted by Crippen LogP contribution is 2.89. The molecule has 0 aromatic carbocycles. The monoisotopic (exact) mass is 488 g/mol. The molecule has 6 fully saturated rings. The molecule has 2 spiro atoms. The summed E-state index contributed by atoms with van der Waals surface area (Å²) in [6.07, 6.45) is 8.07. The van der Waals surface area contributed by atoms with Gasteiger partial charge >= 0.3 is 5.97 Å². The van der Waals surface area contributed by atoms with Crippen LogP contribution in [0.3, 0.4) is 0 Å². The van der Waals surface area contributed by atoms with Crippen LogP contribution in [0.15, 0.2) is 0 Å². The Kier molecular flexibility index (Phi) is 4.97. The first-order chi connectivity index (χ1) is 16.2. The molecule has 5 heteroatoms. The molecule has 5 aliphatic carbocycles. The topological polar surface area (TPSA) is 76.0 Å². The second-order valence-corrected chi connectivity index (χ2v) is 15.2. The minimum absolute atomic E-state index is 0.0210. The van der Waals surface area contributed by atoms with Crippen LogP contribution in [0.25, 0.3) is 0 Å². The summed E-state index contributed by atoms with van der Waals surface area (Å²) in [4.78, 5) is 11.5. The van der Waals surface area contributed by atoms with Gasteiger partial charge in [0.25, 0.3) is 0 Å². The van der Waals surface area contributed by atoms with Crippen molar-refractivity contribution in [2.45, 2.75) is 124 Å². The van der Waals surface area contributed by atoms with Crippen LogP contribution in [0.1, 0.15) is 99.8 Å². The Balaban J connectivity index is 1.36. The maximum absolute atomic E-state index is 12.2. The van der Waals surface area contributed by atoms with Gasteiger partial charge in [0.1, 0.15) is 12.2 Å². The predicted octanol–water partition coefficient (Wildman–Crippen LogP) is 5.11. The molecule has 0 aromatic heterocycles. The van der Waals surface area contributed by atoms with Crippen molar-refractivity contribution in [3.05, 3.63) is 0 Å². The van der Waals surface area contributed by atoms with Gasteiger partial charge in [-0.3, -0.25) is 4.79 Å². The van der Waals surface area contributed by atoms with Crippen LogP contribution in [-0.4, -0.2) is 46.7 Å². The average Bonchev–Trinajstić information content (AvgIpc) is 3.40. The summed E-state index contributed by atoms with van der Waals surface area (Å²) in [5.41, 5.74) is -0.0429. The zero-order chi connectivity index (χ0) is 25.4. The summed E-state index contributed by atoms with van der Waals surface area (Å²) in [5.74, 6) is 1.54. The van der Waals surface area contributed by atoms with E-state index in [1.807, 2.05) is 0 Å². The van der Waals surface area contributed by atoms with E-state index in [4.69, 9.17) is 9.47 Å². The minimum atomic E-state index is -0.548. The molecule has 2 N–H and O–H groups in total. The Hall–Kier alpha value is -0.650. The first-order valence-electron chi connectivity index (χ1n) is 14.4. The lowest BCUT2D eigenvalue weighted by atomic mass is 9.41. The van der Waals surface area contributed by atoms with Crippen molar-refractivity contribution in [3.8, 4) is 0 Å². The molecule has 12 atom stereocenters. The highest BCUT2D eigenvalue weighted by atomic mass is 16.6. The van der Waals surface area contributed by atoms with Crippen LogP contribution in [0.4, 0.5) is 0 Å². The Morgan fingerprint density at radius 2 is 1.63 bits per heavy atom. The van der Waals surface area contributed by atoms with Crippen LogP contribution in [-0.2, 0) is 14.3 Å². The molecule has 6 aliphatic rings. The van der Waals surface area contributed by atoms with Gasteiger partial charge in [0, 0.05) is 12.3 Å². The lowest BCUT2D eigenvalue weighted by molar-refractivity contribution is -0.209. The van der Waals surface area contributed by atoms with Crippen molar-refractivity contribution >= 4 is 5.97 Å². The summed E-state index contributed by atoms with van der Waals surface area (Å²) in [7, 11) is 0. The fraction of sp³-hybridized carbons (Fsp3) is 0.967. The number of aliphatic hydroxyl groups excluding tert-OH is 2. The third kappa shape index (κ3) is 2.74. The normalized spacial score (nSPS) is 59.9. The van der Waals surface area contributed by atoms with Gasteiger partial charge in [-0.25, -0.2) is 0 Å². The number of rotatable bonds is 2. The number of esters is 1. The van der Waals surface area contributed by atoms with Gasteiger partial charge in [0.2, 0.25) is 0 Å². The molecule has 0 radical (unpaired) electrons. The van der Waals surface area contributed by atoms with Crippen LogP contribution < -0.4 is 0 Å². The first-order valence-corrected chi connectivity index (χ1v) is 14.4. The quantitative estimate of drug-likeness (QED) is 0.528. The van der Waals surface area contributed by atoms with Gasteiger partial charge in [-0.15, -0.1) is 0 Å². The van der Waals surface area contributed by atoms with Gasteiger partial charge in [-0.1, -0.05) is 34.6 Å². The van der Waals surface area contributed by atoms with Gasteiger partial charge in [-0.05, 0) is 104 Å². The number of hydrogen-bond donors (Lipinski definition) is 2. The van der Waals surface area contributed by atoms with Crippen LogP contribution in [0, 0.1) is 50.7 Å². The molecule has 0 amide bonds. The van der Waals surface area contributed by atoms with Crippen molar-refractivity contribution in [1.29, 1.82) is 0 Å². The van der Waals surface area contributed by atoms with Gasteiger partial charge in [-0.2, -0.15) is 0 Å². The van der Waals surface area contributed by atoms with E-state index in [1.165, 1.54) is 26.2 Å². The number of ether oxygens (including phenoxy) is 2. The lowest BCUT2D eigenvalue weighted by Gasteiger charge is -2.63.